The standard InChI is InChI=1S/C18H18N2O7S2/c1-25-17(21)14-10-27-11-20(16(14)18(22)26-2)12-5-7-13(8-6-12)29(23,24)19-15-4-3-9-28-15/h3-9,19H,10-11H2,1-2H3. The van der Waals surface area contributed by atoms with Gasteiger partial charge in [-0.05, 0) is 41.8 Å². The van der Waals surface area contributed by atoms with Gasteiger partial charge in [0.2, 0.25) is 0 Å². The highest BCUT2D eigenvalue weighted by molar-refractivity contribution is 7.93. The van der Waals surface area contributed by atoms with Crippen molar-refractivity contribution in [2.45, 2.75) is 4.90 Å². The zero-order valence-corrected chi connectivity index (χ0v) is 17.2. The molecular weight excluding hydrogens is 420 g/mol. The van der Waals surface area contributed by atoms with Crippen LogP contribution in [0, 0.1) is 0 Å². The van der Waals surface area contributed by atoms with Gasteiger partial charge in [0.05, 0.1) is 31.3 Å². The molecule has 0 unspecified atom stereocenters. The number of esters is 2. The predicted molar refractivity (Wildman–Crippen MR) is 106 cm³/mol. The molecule has 0 fully saturated rings. The van der Waals surface area contributed by atoms with Crippen molar-refractivity contribution in [1.29, 1.82) is 0 Å². The fourth-order valence-corrected chi connectivity index (χ4v) is 4.61. The molecule has 0 amide bonds. The second-order valence-corrected chi connectivity index (χ2v) is 8.42. The van der Waals surface area contributed by atoms with Gasteiger partial charge in [0.1, 0.15) is 17.4 Å². The molecule has 0 aliphatic carbocycles. The Hall–Kier alpha value is -2.89. The number of ether oxygens (including phenoxy) is 3. The van der Waals surface area contributed by atoms with Crippen LogP contribution in [-0.2, 0) is 33.8 Å². The fraction of sp³-hybridized carbons (Fsp3) is 0.222. The molecule has 11 heteroatoms. The van der Waals surface area contributed by atoms with E-state index in [1.807, 2.05) is 0 Å². The molecule has 2 aromatic rings. The van der Waals surface area contributed by atoms with Gasteiger partial charge in [0, 0.05) is 5.69 Å². The smallest absolute Gasteiger partial charge is 0.355 e. The first-order valence-electron chi connectivity index (χ1n) is 8.29. The molecule has 0 radical (unpaired) electrons. The van der Waals surface area contributed by atoms with Gasteiger partial charge in [0.15, 0.2) is 0 Å². The second kappa shape index (κ2) is 8.64. The van der Waals surface area contributed by atoms with Crippen LogP contribution in [0.3, 0.4) is 0 Å². The van der Waals surface area contributed by atoms with Gasteiger partial charge in [-0.2, -0.15) is 0 Å². The number of nitrogens with zero attached hydrogens (tertiary/aromatic N) is 1. The minimum atomic E-state index is -3.76. The number of nitrogens with one attached hydrogen (secondary N) is 1. The van der Waals surface area contributed by atoms with E-state index in [-0.39, 0.29) is 29.5 Å². The van der Waals surface area contributed by atoms with Gasteiger partial charge in [-0.15, -0.1) is 11.3 Å². The third-order valence-corrected chi connectivity index (χ3v) is 6.34. The van der Waals surface area contributed by atoms with E-state index in [1.54, 1.807) is 17.5 Å². The van der Waals surface area contributed by atoms with Crippen molar-refractivity contribution in [2.24, 2.45) is 0 Å². The topological polar surface area (TPSA) is 111 Å². The molecule has 1 aromatic heterocycles. The molecule has 9 nitrogen and oxygen atoms in total. The van der Waals surface area contributed by atoms with E-state index in [9.17, 15) is 18.0 Å². The maximum Gasteiger partial charge on any atom is 0.355 e. The highest BCUT2D eigenvalue weighted by atomic mass is 32.2. The molecule has 3 rings (SSSR count). The highest BCUT2D eigenvalue weighted by Gasteiger charge is 2.32. The summed E-state index contributed by atoms with van der Waals surface area (Å²) in [5.74, 6) is -1.45. The normalized spacial score (nSPS) is 14.5. The molecule has 1 N–H and O–H groups in total. The summed E-state index contributed by atoms with van der Waals surface area (Å²) >= 11 is 1.27. The van der Waals surface area contributed by atoms with Crippen molar-refractivity contribution in [3.05, 3.63) is 53.0 Å². The van der Waals surface area contributed by atoms with E-state index >= 15 is 0 Å². The summed E-state index contributed by atoms with van der Waals surface area (Å²) in [4.78, 5) is 25.8. The monoisotopic (exact) mass is 438 g/mol. The maximum atomic E-state index is 12.5. The SMILES string of the molecule is COC(=O)C1=C(C(=O)OC)N(c2ccc(S(=O)(=O)Nc3cccs3)cc2)COC1. The number of carbonyl (C=O) groups excluding carboxylic acids is 2. The van der Waals surface area contributed by atoms with Crippen molar-refractivity contribution >= 4 is 44.0 Å². The number of methoxy groups -OCH3 is 2. The average Bonchev–Trinajstić information content (AvgIpc) is 3.24. The Kier molecular flexibility index (Phi) is 6.20. The van der Waals surface area contributed by atoms with Crippen molar-refractivity contribution in [2.75, 3.05) is 37.2 Å². The summed E-state index contributed by atoms with van der Waals surface area (Å²) < 4.78 is 42.4. The lowest BCUT2D eigenvalue weighted by Crippen LogP contribution is -2.38. The van der Waals surface area contributed by atoms with Gasteiger partial charge in [-0.1, -0.05) is 0 Å². The summed E-state index contributed by atoms with van der Waals surface area (Å²) in [6, 6.07) is 9.20. The minimum Gasteiger partial charge on any atom is -0.466 e. The number of sulfonamides is 1. The van der Waals surface area contributed by atoms with Crippen LogP contribution in [-0.4, -0.2) is 47.9 Å². The van der Waals surface area contributed by atoms with Gasteiger partial charge >= 0.3 is 11.9 Å². The number of benzene rings is 1. The molecule has 0 spiro atoms. The zero-order chi connectivity index (χ0) is 21.0. The molecule has 0 atom stereocenters. The van der Waals surface area contributed by atoms with Gasteiger partial charge < -0.3 is 19.1 Å². The number of carbonyl (C=O) groups is 2. The number of rotatable bonds is 6. The molecule has 154 valence electrons. The van der Waals surface area contributed by atoms with E-state index in [0.717, 1.165) is 0 Å². The second-order valence-electron chi connectivity index (χ2n) is 5.79. The van der Waals surface area contributed by atoms with Gasteiger partial charge in [-0.25, -0.2) is 18.0 Å². The van der Waals surface area contributed by atoms with E-state index < -0.39 is 22.0 Å². The van der Waals surface area contributed by atoms with Crippen molar-refractivity contribution in [3.63, 3.8) is 0 Å². The number of hydrogen-bond donors (Lipinski definition) is 1. The molecule has 1 aromatic carbocycles. The van der Waals surface area contributed by atoms with Crippen molar-refractivity contribution < 1.29 is 32.2 Å². The first kappa shape index (κ1) is 20.8. The molecule has 2 heterocycles. The van der Waals surface area contributed by atoms with E-state index in [1.165, 1.54) is 54.7 Å². The summed E-state index contributed by atoms with van der Waals surface area (Å²) in [6.45, 7) is -0.130. The third kappa shape index (κ3) is 4.42. The van der Waals surface area contributed by atoms with Crippen molar-refractivity contribution in [1.82, 2.24) is 0 Å². The first-order chi connectivity index (χ1) is 13.9. The summed E-state index contributed by atoms with van der Waals surface area (Å²) in [5.41, 5.74) is 0.446. The summed E-state index contributed by atoms with van der Waals surface area (Å²) in [6.07, 6.45) is 0. The van der Waals surface area contributed by atoms with Crippen LogP contribution in [0.25, 0.3) is 0 Å². The Morgan fingerprint density at radius 3 is 2.38 bits per heavy atom. The van der Waals surface area contributed by atoms with Gasteiger partial charge in [-0.3, -0.25) is 4.72 Å². The molecule has 1 aliphatic rings. The van der Waals surface area contributed by atoms with Crippen LogP contribution in [0.2, 0.25) is 0 Å². The molecule has 29 heavy (non-hydrogen) atoms. The Bertz CT molecular complexity index is 1030. The number of thiophene rings is 1. The Morgan fingerprint density at radius 2 is 1.79 bits per heavy atom. The molecular formula is C18H18N2O7S2. The van der Waals surface area contributed by atoms with Crippen molar-refractivity contribution in [3.8, 4) is 0 Å². The largest absolute Gasteiger partial charge is 0.466 e. The van der Waals surface area contributed by atoms with E-state index in [2.05, 4.69) is 4.72 Å². The third-order valence-electron chi connectivity index (χ3n) is 4.05. The number of anilines is 2. The summed E-state index contributed by atoms with van der Waals surface area (Å²) in [5, 5.41) is 2.26. The van der Waals surface area contributed by atoms with Gasteiger partial charge in [0.25, 0.3) is 10.0 Å². The predicted octanol–water partition coefficient (Wildman–Crippen LogP) is 1.94. The van der Waals surface area contributed by atoms with E-state index in [4.69, 9.17) is 14.2 Å². The summed E-state index contributed by atoms with van der Waals surface area (Å²) in [7, 11) is -1.36. The van der Waals surface area contributed by atoms with Crippen LogP contribution < -0.4 is 9.62 Å². The first-order valence-corrected chi connectivity index (χ1v) is 10.6. The lowest BCUT2D eigenvalue weighted by molar-refractivity contribution is -0.140. The highest BCUT2D eigenvalue weighted by Crippen LogP contribution is 2.28. The zero-order valence-electron chi connectivity index (χ0n) is 15.6. The Morgan fingerprint density at radius 1 is 1.10 bits per heavy atom. The lowest BCUT2D eigenvalue weighted by atomic mass is 10.1. The molecule has 0 saturated heterocycles. The average molecular weight is 438 g/mol. The Labute approximate surface area is 171 Å². The maximum absolute atomic E-state index is 12.5. The van der Waals surface area contributed by atoms with Crippen LogP contribution in [0.5, 0.6) is 0 Å². The number of hydrogen-bond acceptors (Lipinski definition) is 9. The minimum absolute atomic E-state index is 0.0154. The lowest BCUT2D eigenvalue weighted by Gasteiger charge is -2.31. The van der Waals surface area contributed by atoms with E-state index in [0.29, 0.717) is 10.7 Å². The quantitative estimate of drug-likeness (QED) is 0.681. The molecule has 1 aliphatic heterocycles. The fourth-order valence-electron chi connectivity index (χ4n) is 2.68. The van der Waals surface area contributed by atoms with Crippen LogP contribution in [0.15, 0.2) is 57.9 Å². The molecule has 0 saturated carbocycles. The van der Waals surface area contributed by atoms with Crippen LogP contribution in [0.1, 0.15) is 0 Å². The molecule has 0 bridgehead atoms. The van der Waals surface area contributed by atoms with Crippen LogP contribution in [0.4, 0.5) is 10.7 Å². The van der Waals surface area contributed by atoms with Crippen LogP contribution >= 0.6 is 11.3 Å². The Balaban J connectivity index is 1.93.